The van der Waals surface area contributed by atoms with E-state index in [2.05, 4.69) is 20.9 Å². The molecule has 1 aliphatic heterocycles. The Kier molecular flexibility index (Phi) is 8.89. The van der Waals surface area contributed by atoms with E-state index in [9.17, 15) is 27.2 Å². The number of aromatic nitrogens is 1. The first kappa shape index (κ1) is 28.4. The second kappa shape index (κ2) is 12.5. The normalized spacial score (nSPS) is 13.5. The maximum atomic E-state index is 13.7. The zero-order valence-corrected chi connectivity index (χ0v) is 21.0. The maximum absolute atomic E-state index is 13.7. The summed E-state index contributed by atoms with van der Waals surface area (Å²) in [4.78, 5) is 32.5. The second-order valence-corrected chi connectivity index (χ2v) is 8.65. The number of para-hydroxylation sites is 1. The number of aliphatic hydroxyl groups excluding tert-OH is 1. The fourth-order valence-corrected chi connectivity index (χ4v) is 3.95. The van der Waals surface area contributed by atoms with Crippen LogP contribution in [-0.4, -0.2) is 66.4 Å². The van der Waals surface area contributed by atoms with Crippen molar-refractivity contribution in [2.24, 2.45) is 0 Å². The molecule has 0 bridgehead atoms. The summed E-state index contributed by atoms with van der Waals surface area (Å²) in [6, 6.07) is 10.9. The van der Waals surface area contributed by atoms with Crippen LogP contribution in [0.3, 0.4) is 0 Å². The van der Waals surface area contributed by atoms with E-state index >= 15 is 0 Å². The van der Waals surface area contributed by atoms with Crippen molar-refractivity contribution in [1.82, 2.24) is 9.88 Å². The smallest absolute Gasteiger partial charge is 0.418 e. The van der Waals surface area contributed by atoms with Crippen LogP contribution in [0.15, 0.2) is 60.8 Å². The van der Waals surface area contributed by atoms with Gasteiger partial charge in [-0.25, -0.2) is 19.0 Å². The Bertz CT molecular complexity index is 1330. The van der Waals surface area contributed by atoms with E-state index in [0.29, 0.717) is 24.6 Å². The molecule has 1 saturated heterocycles. The van der Waals surface area contributed by atoms with Crippen molar-refractivity contribution in [3.05, 3.63) is 72.2 Å². The Hall–Kier alpha value is -4.59. The van der Waals surface area contributed by atoms with Gasteiger partial charge in [-0.05, 0) is 42.5 Å². The predicted octanol–water partition coefficient (Wildman–Crippen LogP) is 4.61. The molecule has 0 unspecified atom stereocenters. The first-order valence-corrected chi connectivity index (χ1v) is 12.2. The van der Waals surface area contributed by atoms with E-state index in [1.165, 1.54) is 35.4 Å². The van der Waals surface area contributed by atoms with Crippen molar-refractivity contribution in [1.29, 1.82) is 0 Å². The fraction of sp³-hybridized carbons (Fsp3) is 0.269. The van der Waals surface area contributed by atoms with Crippen LogP contribution >= 0.6 is 0 Å². The molecule has 212 valence electrons. The average molecular weight is 563 g/mol. The third-order valence-electron chi connectivity index (χ3n) is 5.92. The van der Waals surface area contributed by atoms with Gasteiger partial charge < -0.3 is 35.6 Å². The van der Waals surface area contributed by atoms with Crippen LogP contribution in [0.25, 0.3) is 0 Å². The van der Waals surface area contributed by atoms with Gasteiger partial charge in [-0.15, -0.1) is 0 Å². The van der Waals surface area contributed by atoms with E-state index in [4.69, 9.17) is 9.84 Å². The monoisotopic (exact) mass is 562 g/mol. The molecular weight excluding hydrogens is 536 g/mol. The lowest BCUT2D eigenvalue weighted by Gasteiger charge is -2.35. The molecule has 4 N–H and O–H groups in total. The topological polar surface area (TPSA) is 119 Å². The Morgan fingerprint density at radius 3 is 2.35 bits per heavy atom. The van der Waals surface area contributed by atoms with Crippen LogP contribution in [0.1, 0.15) is 5.56 Å². The number of amides is 4. The van der Waals surface area contributed by atoms with E-state index < -0.39 is 35.3 Å². The van der Waals surface area contributed by atoms with Crippen LogP contribution in [0, 0.1) is 5.82 Å². The number of urea groups is 2. The quantitative estimate of drug-likeness (QED) is 0.313. The number of rotatable bonds is 7. The number of anilines is 4. The van der Waals surface area contributed by atoms with Gasteiger partial charge in [0.1, 0.15) is 24.0 Å². The van der Waals surface area contributed by atoms with Crippen molar-refractivity contribution in [3.8, 4) is 5.75 Å². The predicted molar refractivity (Wildman–Crippen MR) is 140 cm³/mol. The highest BCUT2D eigenvalue weighted by atomic mass is 19.4. The molecule has 1 aromatic heterocycles. The van der Waals surface area contributed by atoms with Crippen LogP contribution in [0.5, 0.6) is 5.75 Å². The van der Waals surface area contributed by atoms with Gasteiger partial charge in [-0.2, -0.15) is 13.2 Å². The first-order valence-electron chi connectivity index (χ1n) is 12.2. The lowest BCUT2D eigenvalue weighted by molar-refractivity contribution is -0.137. The minimum Gasteiger partial charge on any atom is -0.491 e. The van der Waals surface area contributed by atoms with Crippen molar-refractivity contribution < 1.29 is 37.0 Å². The molecule has 0 saturated carbocycles. The van der Waals surface area contributed by atoms with E-state index in [-0.39, 0.29) is 37.7 Å². The van der Waals surface area contributed by atoms with Gasteiger partial charge in [0, 0.05) is 26.2 Å². The highest BCUT2D eigenvalue weighted by Gasteiger charge is 2.35. The number of ether oxygens (including phenoxy) is 1. The molecule has 0 spiro atoms. The minimum atomic E-state index is -4.73. The number of pyridine rings is 1. The number of hydrogen-bond acceptors (Lipinski definition) is 6. The number of carbonyl (C=O) groups excluding carboxylic acids is 2. The standard InChI is InChI=1S/C26H26F4N6O4/c27-20-3-1-2-4-22(20)33-24(38)32-17-5-8-23(31-16-17)35-9-11-36(12-10-35)25(39)34-21-7-6-18(40-14-13-37)15-19(21)26(28,29)30/h1-8,15-16,37H,9-14H2,(H,34,39)(H2,32,33,38). The number of hydrogen-bond donors (Lipinski definition) is 4. The van der Waals surface area contributed by atoms with Crippen molar-refractivity contribution in [2.45, 2.75) is 6.18 Å². The molecule has 10 nitrogen and oxygen atoms in total. The zero-order valence-electron chi connectivity index (χ0n) is 21.0. The van der Waals surface area contributed by atoms with Crippen LogP contribution < -0.4 is 25.6 Å². The summed E-state index contributed by atoms with van der Waals surface area (Å²) < 4.78 is 59.5. The molecule has 2 heterocycles. The van der Waals surface area contributed by atoms with Gasteiger partial charge in [0.15, 0.2) is 0 Å². The number of carbonyl (C=O) groups is 2. The Balaban J connectivity index is 1.30. The van der Waals surface area contributed by atoms with Gasteiger partial charge in [0.2, 0.25) is 0 Å². The summed E-state index contributed by atoms with van der Waals surface area (Å²) in [6.45, 7) is 0.708. The summed E-state index contributed by atoms with van der Waals surface area (Å²) in [5.74, 6) is -0.0631. The summed E-state index contributed by atoms with van der Waals surface area (Å²) in [7, 11) is 0. The highest BCUT2D eigenvalue weighted by molar-refractivity contribution is 5.99. The summed E-state index contributed by atoms with van der Waals surface area (Å²) in [5, 5.41) is 16.1. The highest BCUT2D eigenvalue weighted by Crippen LogP contribution is 2.37. The van der Waals surface area contributed by atoms with Crippen molar-refractivity contribution in [2.75, 3.05) is 60.2 Å². The SMILES string of the molecule is O=C(Nc1ccc(N2CCN(C(=O)Nc3ccc(OCCO)cc3C(F)(F)F)CC2)nc1)Nc1ccccc1F. The first-order chi connectivity index (χ1) is 19.1. The van der Waals surface area contributed by atoms with E-state index in [1.54, 1.807) is 18.2 Å². The molecule has 0 radical (unpaired) electrons. The van der Waals surface area contributed by atoms with E-state index in [1.807, 2.05) is 4.90 Å². The fourth-order valence-electron chi connectivity index (χ4n) is 3.95. The Morgan fingerprint density at radius 2 is 1.70 bits per heavy atom. The molecule has 3 aromatic rings. The molecule has 2 aromatic carbocycles. The lowest BCUT2D eigenvalue weighted by Crippen LogP contribution is -2.50. The molecule has 4 rings (SSSR count). The van der Waals surface area contributed by atoms with Gasteiger partial charge >= 0.3 is 18.2 Å². The third kappa shape index (κ3) is 7.28. The molecule has 1 aliphatic rings. The molecule has 4 amide bonds. The molecule has 0 aliphatic carbocycles. The number of piperazine rings is 1. The molecular formula is C26H26F4N6O4. The summed E-state index contributed by atoms with van der Waals surface area (Å²) in [5.41, 5.74) is -1.05. The van der Waals surface area contributed by atoms with Crippen molar-refractivity contribution in [3.63, 3.8) is 0 Å². The van der Waals surface area contributed by atoms with Gasteiger partial charge in [0.25, 0.3) is 0 Å². The Labute approximate surface area is 226 Å². The largest absolute Gasteiger partial charge is 0.491 e. The summed E-state index contributed by atoms with van der Waals surface area (Å²) in [6.07, 6.45) is -3.30. The van der Waals surface area contributed by atoms with Gasteiger partial charge in [-0.3, -0.25) is 0 Å². The van der Waals surface area contributed by atoms with Crippen LogP contribution in [0.4, 0.5) is 50.0 Å². The third-order valence-corrected chi connectivity index (χ3v) is 5.92. The minimum absolute atomic E-state index is 0.0326. The van der Waals surface area contributed by atoms with Crippen LogP contribution in [0.2, 0.25) is 0 Å². The number of alkyl halides is 3. The Morgan fingerprint density at radius 1 is 0.950 bits per heavy atom. The van der Waals surface area contributed by atoms with Crippen molar-refractivity contribution >= 4 is 34.9 Å². The van der Waals surface area contributed by atoms with Gasteiger partial charge in [0.05, 0.1) is 35.4 Å². The number of aliphatic hydroxyl groups is 1. The molecule has 1 fully saturated rings. The van der Waals surface area contributed by atoms with Crippen LogP contribution in [-0.2, 0) is 6.18 Å². The molecule has 14 heteroatoms. The number of halogens is 4. The maximum Gasteiger partial charge on any atom is 0.418 e. The van der Waals surface area contributed by atoms with E-state index in [0.717, 1.165) is 12.1 Å². The second-order valence-electron chi connectivity index (χ2n) is 8.65. The van der Waals surface area contributed by atoms with Gasteiger partial charge in [-0.1, -0.05) is 12.1 Å². The zero-order chi connectivity index (χ0) is 28.7. The number of nitrogens with zero attached hydrogens (tertiary/aromatic N) is 3. The molecule has 0 atom stereocenters. The lowest BCUT2D eigenvalue weighted by atomic mass is 10.1. The average Bonchev–Trinajstić information content (AvgIpc) is 2.93. The number of nitrogens with one attached hydrogen (secondary N) is 3. The summed E-state index contributed by atoms with van der Waals surface area (Å²) >= 11 is 0. The molecule has 40 heavy (non-hydrogen) atoms. The number of benzene rings is 2.